The van der Waals surface area contributed by atoms with E-state index >= 15 is 0 Å². The smallest absolute Gasteiger partial charge is 0.135 e. The van der Waals surface area contributed by atoms with E-state index < -0.39 is 9.71 Å². The van der Waals surface area contributed by atoms with Crippen LogP contribution < -0.4 is 0 Å². The van der Waals surface area contributed by atoms with E-state index in [9.17, 15) is 9.00 Å². The molecule has 5 heteroatoms. The molecule has 0 aliphatic carbocycles. The molecule has 0 N–H and O–H groups in total. The summed E-state index contributed by atoms with van der Waals surface area (Å²) in [6.45, 7) is 4.79. The molecule has 2 atom stereocenters. The molecule has 1 heterocycles. The zero-order valence-corrected chi connectivity index (χ0v) is 10.4. The van der Waals surface area contributed by atoms with E-state index in [0.29, 0.717) is 19.6 Å². The number of hydrogen-bond donors (Lipinski definition) is 0. The van der Waals surface area contributed by atoms with Crippen molar-refractivity contribution in [1.82, 2.24) is 4.47 Å². The second kappa shape index (κ2) is 4.63. The normalized spacial score (nSPS) is 26.8. The number of carbonyl (C=O) groups excluding carboxylic acids is 1. The predicted molar refractivity (Wildman–Crippen MR) is 61.8 cm³/mol. The molecule has 0 saturated carbocycles. The summed E-state index contributed by atoms with van der Waals surface area (Å²) in [5, 5.41) is 0. The van der Waals surface area contributed by atoms with E-state index in [1.54, 1.807) is 6.26 Å². The number of carbonyl (C=O) groups is 1. The van der Waals surface area contributed by atoms with Crippen LogP contribution in [-0.4, -0.2) is 39.7 Å². The molecule has 15 heavy (non-hydrogen) atoms. The first-order chi connectivity index (χ1) is 6.80. The van der Waals surface area contributed by atoms with Crippen molar-refractivity contribution < 1.29 is 13.8 Å². The molecular weight excluding hydrogens is 214 g/mol. The van der Waals surface area contributed by atoms with E-state index in [2.05, 4.69) is 5.87 Å². The van der Waals surface area contributed by atoms with Gasteiger partial charge in [0.25, 0.3) is 0 Å². The highest BCUT2D eigenvalue weighted by Gasteiger charge is 2.29. The Hall–Kier alpha value is -0.390. The molecule has 0 spiro atoms. The van der Waals surface area contributed by atoms with Crippen LogP contribution in [0.25, 0.3) is 0 Å². The second-order valence-electron chi connectivity index (χ2n) is 4.46. The fraction of sp³-hybridized carbons (Fsp3) is 0.800. The van der Waals surface area contributed by atoms with Crippen molar-refractivity contribution in [3.8, 4) is 0 Å². The lowest BCUT2D eigenvalue weighted by Crippen LogP contribution is -2.26. The first-order valence-electron chi connectivity index (χ1n) is 5.06. The maximum Gasteiger partial charge on any atom is 0.135 e. The standard InChI is InChI=1S/C10H19NO3S/c1-8(2)10(12)5-9-6-11(14-7-9)15(3,4)13/h8-9H,3,5-7H2,1-2,4H3/t9-,15?/m0/s1. The molecule has 0 radical (unpaired) electrons. The molecule has 1 rings (SSSR count). The van der Waals surface area contributed by atoms with Crippen molar-refractivity contribution in [2.24, 2.45) is 11.8 Å². The van der Waals surface area contributed by atoms with Crippen LogP contribution in [0.15, 0.2) is 0 Å². The van der Waals surface area contributed by atoms with Crippen LogP contribution in [0.5, 0.6) is 0 Å². The van der Waals surface area contributed by atoms with Gasteiger partial charge >= 0.3 is 0 Å². The highest BCUT2D eigenvalue weighted by atomic mass is 32.2. The zero-order valence-electron chi connectivity index (χ0n) is 9.56. The number of Topliss-reactive ketones (excluding diaryl/α,β-unsaturated/α-hetero) is 1. The van der Waals surface area contributed by atoms with Gasteiger partial charge in [-0.2, -0.15) is 0 Å². The zero-order chi connectivity index (χ0) is 11.6. The van der Waals surface area contributed by atoms with Crippen molar-refractivity contribution >= 4 is 21.4 Å². The molecule has 0 amide bonds. The minimum absolute atomic E-state index is 0.0600. The van der Waals surface area contributed by atoms with E-state index in [0.717, 1.165) is 0 Å². The van der Waals surface area contributed by atoms with Gasteiger partial charge in [-0.15, -0.1) is 4.47 Å². The summed E-state index contributed by atoms with van der Waals surface area (Å²) in [7, 11) is -2.29. The molecule has 1 unspecified atom stereocenters. The quantitative estimate of drug-likeness (QED) is 0.672. The van der Waals surface area contributed by atoms with Crippen LogP contribution in [0.3, 0.4) is 0 Å². The van der Waals surface area contributed by atoms with Crippen LogP contribution in [0.4, 0.5) is 0 Å². The molecule has 1 aliphatic heterocycles. The third kappa shape index (κ3) is 3.59. The van der Waals surface area contributed by atoms with Crippen molar-refractivity contribution in [3.05, 3.63) is 0 Å². The molecule has 1 fully saturated rings. The second-order valence-corrected chi connectivity index (χ2v) is 6.79. The maximum absolute atomic E-state index is 11.6. The van der Waals surface area contributed by atoms with Crippen molar-refractivity contribution in [1.29, 1.82) is 0 Å². The summed E-state index contributed by atoms with van der Waals surface area (Å²) >= 11 is 0. The molecule has 0 aromatic heterocycles. The van der Waals surface area contributed by atoms with Crippen LogP contribution in [0.2, 0.25) is 0 Å². The Kier molecular flexibility index (Phi) is 3.92. The lowest BCUT2D eigenvalue weighted by atomic mass is 9.98. The number of ketones is 1. The van der Waals surface area contributed by atoms with Gasteiger partial charge < -0.3 is 0 Å². The van der Waals surface area contributed by atoms with Gasteiger partial charge in [-0.25, -0.2) is 0 Å². The van der Waals surface area contributed by atoms with Crippen molar-refractivity contribution in [3.63, 3.8) is 0 Å². The lowest BCUT2D eigenvalue weighted by molar-refractivity contribution is -0.122. The molecule has 0 bridgehead atoms. The Bertz CT molecular complexity index is 335. The van der Waals surface area contributed by atoms with Gasteiger partial charge in [0, 0.05) is 40.8 Å². The number of nitrogens with zero attached hydrogens (tertiary/aromatic N) is 1. The van der Waals surface area contributed by atoms with Crippen LogP contribution in [0.1, 0.15) is 20.3 Å². The molecular formula is C10H19NO3S. The van der Waals surface area contributed by atoms with Gasteiger partial charge in [0.1, 0.15) is 5.78 Å². The minimum Gasteiger partial charge on any atom is -0.299 e. The summed E-state index contributed by atoms with van der Waals surface area (Å²) in [6.07, 6.45) is 2.04. The average molecular weight is 233 g/mol. The van der Waals surface area contributed by atoms with Crippen molar-refractivity contribution in [2.45, 2.75) is 20.3 Å². The summed E-state index contributed by atoms with van der Waals surface area (Å²) < 4.78 is 13.0. The Labute approximate surface area is 91.7 Å². The van der Waals surface area contributed by atoms with Crippen molar-refractivity contribution in [2.75, 3.05) is 19.4 Å². The lowest BCUT2D eigenvalue weighted by Gasteiger charge is -2.15. The highest BCUT2D eigenvalue weighted by molar-refractivity contribution is 7.97. The van der Waals surface area contributed by atoms with Gasteiger partial charge in [0.05, 0.1) is 6.61 Å². The first kappa shape index (κ1) is 12.7. The van der Waals surface area contributed by atoms with E-state index in [1.807, 2.05) is 13.8 Å². The van der Waals surface area contributed by atoms with Gasteiger partial charge in [-0.3, -0.25) is 13.8 Å². The molecule has 4 nitrogen and oxygen atoms in total. The maximum atomic E-state index is 11.6. The highest BCUT2D eigenvalue weighted by Crippen LogP contribution is 2.20. The van der Waals surface area contributed by atoms with Crippen LogP contribution >= 0.6 is 0 Å². The Morgan fingerprint density at radius 3 is 2.67 bits per heavy atom. The van der Waals surface area contributed by atoms with Gasteiger partial charge in [-0.05, 0) is 5.87 Å². The van der Waals surface area contributed by atoms with Gasteiger partial charge in [0.15, 0.2) is 0 Å². The molecule has 1 saturated heterocycles. The van der Waals surface area contributed by atoms with Gasteiger partial charge in [0.2, 0.25) is 0 Å². The third-order valence-corrected chi connectivity index (χ3v) is 3.54. The fourth-order valence-corrected chi connectivity index (χ4v) is 2.23. The Balaban J connectivity index is 2.48. The monoisotopic (exact) mass is 233 g/mol. The summed E-state index contributed by atoms with van der Waals surface area (Å²) in [5.41, 5.74) is 0. The third-order valence-electron chi connectivity index (χ3n) is 2.43. The Morgan fingerprint density at radius 1 is 1.67 bits per heavy atom. The van der Waals surface area contributed by atoms with E-state index in [1.165, 1.54) is 4.47 Å². The largest absolute Gasteiger partial charge is 0.299 e. The summed E-state index contributed by atoms with van der Waals surface area (Å²) in [4.78, 5) is 16.7. The molecule has 0 aromatic rings. The topological polar surface area (TPSA) is 46.6 Å². The average Bonchev–Trinajstić information content (AvgIpc) is 2.51. The number of hydrogen-bond acceptors (Lipinski definition) is 3. The fourth-order valence-electron chi connectivity index (χ4n) is 1.42. The van der Waals surface area contributed by atoms with Crippen LogP contribution in [-0.2, 0) is 19.3 Å². The van der Waals surface area contributed by atoms with Crippen LogP contribution in [0, 0.1) is 11.8 Å². The van der Waals surface area contributed by atoms with E-state index in [4.69, 9.17) is 4.84 Å². The number of hydroxylamine groups is 1. The van der Waals surface area contributed by atoms with E-state index in [-0.39, 0.29) is 17.6 Å². The SMILES string of the molecule is C=S(C)(=O)N1C[C@H](CC(=O)C(C)C)CO1. The molecule has 0 aromatic carbocycles. The van der Waals surface area contributed by atoms with Gasteiger partial charge in [-0.1, -0.05) is 13.8 Å². The number of rotatable bonds is 4. The molecule has 88 valence electrons. The first-order valence-corrected chi connectivity index (χ1v) is 7.15. The summed E-state index contributed by atoms with van der Waals surface area (Å²) in [5.74, 6) is 3.99. The minimum atomic E-state index is -2.29. The summed E-state index contributed by atoms with van der Waals surface area (Å²) in [6, 6.07) is 0. The molecule has 1 aliphatic rings. The Morgan fingerprint density at radius 2 is 2.27 bits per heavy atom. The predicted octanol–water partition coefficient (Wildman–Crippen LogP) is 0.726.